The third-order valence-corrected chi connectivity index (χ3v) is 13.8. The van der Waals surface area contributed by atoms with Crippen LogP contribution in [0.15, 0.2) is 0 Å². The second-order valence-electron chi connectivity index (χ2n) is 15.6. The minimum Gasteiger partial charge on any atom is -0.430 e. The Bertz CT molecular complexity index is 723. The summed E-state index contributed by atoms with van der Waals surface area (Å²) in [6, 6.07) is 0. The number of nitrogens with one attached hydrogen (secondary N) is 8. The second kappa shape index (κ2) is 12.7. The molecule has 5 aliphatic heterocycles. The fourth-order valence-electron chi connectivity index (χ4n) is 12.0. The molecule has 0 radical (unpaired) electrons. The van der Waals surface area contributed by atoms with Crippen LogP contribution in [-0.4, -0.2) is 66.1 Å². The van der Waals surface area contributed by atoms with Gasteiger partial charge in [-0.25, -0.2) is 0 Å². The normalized spacial score (nSPS) is 55.0. The van der Waals surface area contributed by atoms with Gasteiger partial charge in [0, 0.05) is 0 Å². The standard InChI is InChI=1S/C32H56N8.Al.FH.2H/c1-2-10-18-17(9-1)25-33-26(18)38-28-21-13-5-6-14-22(21)30(35-28)40-32-24-16-8-7-15-23(24)31(36-32)39-29-20-12-4-3-11-19(20)27(34-29)37-25;;;;/h17-40H,1-16H2;;1H;;/q;+1;;;/p-1. The van der Waals surface area contributed by atoms with Crippen molar-refractivity contribution < 1.29 is 3.52 Å². The van der Waals surface area contributed by atoms with Gasteiger partial charge in [-0.3, -0.25) is 42.5 Å². The fourth-order valence-corrected chi connectivity index (χ4v) is 12.0. The van der Waals surface area contributed by atoms with Crippen molar-refractivity contribution in [2.75, 3.05) is 0 Å². The van der Waals surface area contributed by atoms with Crippen molar-refractivity contribution in [3.05, 3.63) is 0 Å². The molecule has 4 saturated carbocycles. The summed E-state index contributed by atoms with van der Waals surface area (Å²) in [6.45, 7) is 0. The van der Waals surface area contributed by atoms with Crippen molar-refractivity contribution in [3.63, 3.8) is 0 Å². The minimum absolute atomic E-state index is 0.194. The van der Waals surface area contributed by atoms with Crippen LogP contribution in [0.2, 0.25) is 0 Å². The molecule has 8 bridgehead atoms. The largest absolute Gasteiger partial charge is 0.472 e. The van der Waals surface area contributed by atoms with Gasteiger partial charge in [0.25, 0.3) is 0 Å². The van der Waals surface area contributed by atoms with E-state index in [1.807, 2.05) is 0 Å². The van der Waals surface area contributed by atoms with Gasteiger partial charge in [-0.2, -0.15) is 0 Å². The van der Waals surface area contributed by atoms with Crippen molar-refractivity contribution in [1.29, 1.82) is 0 Å². The third kappa shape index (κ3) is 5.26. The molecule has 9 aliphatic rings. The zero-order valence-electron chi connectivity index (χ0n) is 25.9. The minimum atomic E-state index is -0.194. The van der Waals surface area contributed by atoms with E-state index in [1.165, 1.54) is 103 Å². The number of hydrogen-bond donors (Lipinski definition) is 8. The smallest absolute Gasteiger partial charge is 0.430 e. The number of fused-ring (bicyclic) bond motifs is 20. The first-order chi connectivity index (χ1) is 20.8. The summed E-state index contributed by atoms with van der Waals surface area (Å²) in [7, 11) is 0. The lowest BCUT2D eigenvalue weighted by Gasteiger charge is -2.35. The van der Waals surface area contributed by atoms with Gasteiger partial charge < -0.3 is 3.52 Å². The highest BCUT2D eigenvalue weighted by atomic mass is 27.1. The SMILES string of the molecule is C1CCC2C3NC(NC4NC(NC5NC(NC6NC(N3)C3CCCCC63)C3CCCCC53)C3CCCCC43)C2C1.[F][AlH2]. The first-order valence-corrected chi connectivity index (χ1v) is 19.0. The molecule has 8 atom stereocenters. The average molecular weight is 601 g/mol. The Kier molecular flexibility index (Phi) is 8.96. The highest BCUT2D eigenvalue weighted by molar-refractivity contribution is 5.96. The fraction of sp³-hybridized carbons (Fsp3) is 1.00. The summed E-state index contributed by atoms with van der Waals surface area (Å²) in [5.74, 6) is 5.97. The molecule has 5 saturated heterocycles. The van der Waals surface area contributed by atoms with Crippen LogP contribution in [0.4, 0.5) is 3.52 Å². The van der Waals surface area contributed by atoms with E-state index >= 15 is 0 Å². The predicted molar refractivity (Wildman–Crippen MR) is 167 cm³/mol. The van der Waals surface area contributed by atoms with Crippen molar-refractivity contribution in [2.24, 2.45) is 47.3 Å². The van der Waals surface area contributed by atoms with Gasteiger partial charge in [0.2, 0.25) is 0 Å². The Morgan fingerprint density at radius 2 is 0.381 bits per heavy atom. The maximum absolute atomic E-state index is 9.64. The molecule has 9 rings (SSSR count). The molecule has 0 spiro atoms. The molecule has 0 aromatic rings. The molecule has 8 N–H and O–H groups in total. The monoisotopic (exact) mass is 600 g/mol. The number of hydrogen-bond acceptors (Lipinski definition) is 8. The molecule has 236 valence electrons. The molecule has 4 aliphatic carbocycles. The van der Waals surface area contributed by atoms with E-state index < -0.39 is 0 Å². The summed E-state index contributed by atoms with van der Waals surface area (Å²) in [4.78, 5) is 0. The van der Waals surface area contributed by atoms with E-state index in [0.717, 1.165) is 47.3 Å². The van der Waals surface area contributed by atoms with Crippen molar-refractivity contribution in [3.8, 4) is 0 Å². The van der Waals surface area contributed by atoms with Gasteiger partial charge in [-0.05, 0) is 98.7 Å². The van der Waals surface area contributed by atoms with Gasteiger partial charge in [0.15, 0.2) is 0 Å². The zero-order chi connectivity index (χ0) is 28.2. The van der Waals surface area contributed by atoms with Gasteiger partial charge >= 0.3 is 16.7 Å². The maximum atomic E-state index is 9.64. The van der Waals surface area contributed by atoms with Crippen LogP contribution in [0.25, 0.3) is 0 Å². The molecule has 0 aromatic heterocycles. The van der Waals surface area contributed by atoms with Gasteiger partial charge in [-0.1, -0.05) is 51.4 Å². The Morgan fingerprint density at radius 1 is 0.262 bits per heavy atom. The van der Waals surface area contributed by atoms with Gasteiger partial charge in [0.05, 0.1) is 49.3 Å². The lowest BCUT2D eigenvalue weighted by atomic mass is 9.76. The predicted octanol–water partition coefficient (Wildman–Crippen LogP) is 2.11. The Balaban J connectivity index is 0.00000131. The molecule has 8 unspecified atom stereocenters. The zero-order valence-corrected chi connectivity index (χ0v) is 27.9. The van der Waals surface area contributed by atoms with Gasteiger partial charge in [-0.15, -0.1) is 0 Å². The lowest BCUT2D eigenvalue weighted by molar-refractivity contribution is 0.167. The van der Waals surface area contributed by atoms with Crippen LogP contribution in [-0.2, 0) is 0 Å². The highest BCUT2D eigenvalue weighted by Crippen LogP contribution is 2.45. The van der Waals surface area contributed by atoms with E-state index in [0.29, 0.717) is 49.3 Å². The first-order valence-electron chi connectivity index (χ1n) is 18.3. The Labute approximate surface area is 261 Å². The molecule has 10 heteroatoms. The van der Waals surface area contributed by atoms with E-state index in [-0.39, 0.29) is 16.7 Å². The van der Waals surface area contributed by atoms with Crippen LogP contribution >= 0.6 is 0 Å². The summed E-state index contributed by atoms with van der Waals surface area (Å²) >= 11 is -0.194. The molecule has 0 aromatic carbocycles. The van der Waals surface area contributed by atoms with Crippen LogP contribution in [0.5, 0.6) is 0 Å². The molecule has 42 heavy (non-hydrogen) atoms. The number of halogens is 1. The summed E-state index contributed by atoms with van der Waals surface area (Å²) < 4.78 is 9.64. The van der Waals surface area contributed by atoms with Crippen molar-refractivity contribution in [1.82, 2.24) is 42.5 Å². The van der Waals surface area contributed by atoms with Crippen LogP contribution < -0.4 is 42.5 Å². The lowest BCUT2D eigenvalue weighted by Crippen LogP contribution is -2.61. The topological polar surface area (TPSA) is 96.2 Å². The molecule has 8 nitrogen and oxygen atoms in total. The van der Waals surface area contributed by atoms with E-state index in [9.17, 15) is 3.52 Å². The van der Waals surface area contributed by atoms with E-state index in [4.69, 9.17) is 0 Å². The Morgan fingerprint density at radius 3 is 0.500 bits per heavy atom. The molecule has 9 fully saturated rings. The summed E-state index contributed by atoms with van der Waals surface area (Å²) in [5.41, 5.74) is 0. The highest BCUT2D eigenvalue weighted by Gasteiger charge is 2.54. The molecular formula is C32H58AlFN8. The van der Waals surface area contributed by atoms with E-state index in [1.54, 1.807) is 0 Å². The van der Waals surface area contributed by atoms with Crippen LogP contribution in [0.1, 0.15) is 103 Å². The second-order valence-corrected chi connectivity index (χ2v) is 15.6. The first kappa shape index (κ1) is 29.5. The van der Waals surface area contributed by atoms with Crippen LogP contribution in [0, 0.1) is 47.3 Å². The van der Waals surface area contributed by atoms with Crippen LogP contribution in [0.3, 0.4) is 0 Å². The maximum Gasteiger partial charge on any atom is 0.472 e. The molecule has 0 amide bonds. The average Bonchev–Trinajstić information content (AvgIpc) is 3.78. The number of rotatable bonds is 0. The third-order valence-electron chi connectivity index (χ3n) is 13.8. The Hall–Kier alpha value is 0.142. The van der Waals surface area contributed by atoms with Gasteiger partial charge in [0.1, 0.15) is 0 Å². The molecular weight excluding hydrogens is 542 g/mol. The quantitative estimate of drug-likeness (QED) is 0.201. The summed E-state index contributed by atoms with van der Waals surface area (Å²) in [5, 5.41) is 33.8. The summed E-state index contributed by atoms with van der Waals surface area (Å²) in [6.07, 6.45) is 25.6. The van der Waals surface area contributed by atoms with Crippen molar-refractivity contribution in [2.45, 2.75) is 152 Å². The van der Waals surface area contributed by atoms with E-state index in [2.05, 4.69) is 42.5 Å². The van der Waals surface area contributed by atoms with Crippen molar-refractivity contribution >= 4 is 16.7 Å². The molecule has 5 heterocycles.